The number of amides is 1. The molecule has 0 aliphatic rings. The Kier molecular flexibility index (Phi) is 7.77. The van der Waals surface area contributed by atoms with Gasteiger partial charge in [-0.15, -0.1) is 28.1 Å². The first kappa shape index (κ1) is 23.4. The number of rotatable bonds is 9. The molecule has 1 N–H and O–H groups in total. The summed E-state index contributed by atoms with van der Waals surface area (Å²) in [6.07, 6.45) is 7.51. The van der Waals surface area contributed by atoms with E-state index in [9.17, 15) is 4.79 Å². The lowest BCUT2D eigenvalue weighted by molar-refractivity contribution is -0.113. The molecule has 0 unspecified atom stereocenters. The topological polar surface area (TPSA) is 85.6 Å². The summed E-state index contributed by atoms with van der Waals surface area (Å²) >= 11 is 14.9. The van der Waals surface area contributed by atoms with Crippen molar-refractivity contribution < 1.29 is 4.79 Å². The van der Waals surface area contributed by atoms with E-state index < -0.39 is 0 Å². The van der Waals surface area contributed by atoms with Crippen LogP contribution in [0.5, 0.6) is 0 Å². The molecule has 0 aliphatic carbocycles. The Morgan fingerprint density at radius 1 is 1.21 bits per heavy atom. The van der Waals surface area contributed by atoms with Gasteiger partial charge in [0.2, 0.25) is 5.91 Å². The molecule has 33 heavy (non-hydrogen) atoms. The van der Waals surface area contributed by atoms with Crippen LogP contribution in [0.25, 0.3) is 11.4 Å². The third kappa shape index (κ3) is 6.00. The molecule has 0 aliphatic heterocycles. The normalized spacial score (nSPS) is 10.8. The maximum Gasteiger partial charge on any atom is 0.236 e. The molecule has 0 radical (unpaired) electrons. The molecule has 0 fully saturated rings. The molecule has 1 amide bonds. The molecular weight excluding hydrogens is 499 g/mol. The molecule has 0 saturated heterocycles. The summed E-state index contributed by atoms with van der Waals surface area (Å²) in [6, 6.07) is 9.13. The van der Waals surface area contributed by atoms with Gasteiger partial charge in [-0.3, -0.25) is 14.3 Å². The number of carbonyl (C=O) groups excluding carboxylic acids is 1. The van der Waals surface area contributed by atoms with Crippen LogP contribution >= 0.6 is 46.3 Å². The Labute approximate surface area is 208 Å². The largest absolute Gasteiger partial charge is 0.301 e. The number of pyridine rings is 1. The zero-order valence-corrected chi connectivity index (χ0v) is 20.4. The fraction of sp³-hybridized carbons (Fsp3) is 0.136. The van der Waals surface area contributed by atoms with Gasteiger partial charge in [0.1, 0.15) is 0 Å². The number of hydrogen-bond acceptors (Lipinski definition) is 7. The van der Waals surface area contributed by atoms with Crippen LogP contribution < -0.4 is 5.32 Å². The van der Waals surface area contributed by atoms with Crippen molar-refractivity contribution >= 4 is 57.3 Å². The summed E-state index contributed by atoms with van der Waals surface area (Å²) in [7, 11) is 0. The number of thioether (sulfide) groups is 1. The average molecular weight is 517 g/mol. The van der Waals surface area contributed by atoms with Gasteiger partial charge in [-0.2, -0.15) is 0 Å². The Hall–Kier alpha value is -2.72. The molecule has 3 heterocycles. The van der Waals surface area contributed by atoms with E-state index in [1.165, 1.54) is 23.1 Å². The second-order valence-electron chi connectivity index (χ2n) is 6.82. The second kappa shape index (κ2) is 10.9. The standard InChI is InChI=1S/C22H18Cl2N6OS2/c1-2-9-30-20(14-5-7-25-8-6-14)28-29-22(30)32-13-19(31)27-21-26-12-17(33-21)10-15-3-4-16(23)11-18(15)24/h2-8,11-12H,1,9-10,13H2,(H,26,27,31). The monoisotopic (exact) mass is 516 g/mol. The fourth-order valence-corrected chi connectivity index (χ4v) is 5.06. The fourth-order valence-electron chi connectivity index (χ4n) is 2.99. The van der Waals surface area contributed by atoms with Crippen LogP contribution in [-0.2, 0) is 17.8 Å². The minimum atomic E-state index is -0.177. The highest BCUT2D eigenvalue weighted by molar-refractivity contribution is 7.99. The third-order valence-electron chi connectivity index (χ3n) is 4.48. The van der Waals surface area contributed by atoms with Gasteiger partial charge >= 0.3 is 0 Å². The Morgan fingerprint density at radius 3 is 2.79 bits per heavy atom. The number of aromatic nitrogens is 5. The van der Waals surface area contributed by atoms with Crippen molar-refractivity contribution in [2.45, 2.75) is 18.1 Å². The number of nitrogens with one attached hydrogen (secondary N) is 1. The molecule has 168 valence electrons. The van der Waals surface area contributed by atoms with Crippen LogP contribution in [0.2, 0.25) is 10.0 Å². The predicted molar refractivity (Wildman–Crippen MR) is 134 cm³/mol. The van der Waals surface area contributed by atoms with Gasteiger partial charge < -0.3 is 5.32 Å². The minimum Gasteiger partial charge on any atom is -0.301 e. The highest BCUT2D eigenvalue weighted by atomic mass is 35.5. The van der Waals surface area contributed by atoms with E-state index in [1.54, 1.807) is 36.8 Å². The number of nitrogens with zero attached hydrogens (tertiary/aromatic N) is 5. The zero-order valence-electron chi connectivity index (χ0n) is 17.2. The van der Waals surface area contributed by atoms with E-state index in [0.29, 0.717) is 39.1 Å². The van der Waals surface area contributed by atoms with Gasteiger partial charge in [0.25, 0.3) is 0 Å². The first-order chi connectivity index (χ1) is 16.0. The third-order valence-corrected chi connectivity index (χ3v) is 6.95. The van der Waals surface area contributed by atoms with Gasteiger partial charge in [-0.05, 0) is 29.8 Å². The lowest BCUT2D eigenvalue weighted by Crippen LogP contribution is -2.14. The van der Waals surface area contributed by atoms with Gasteiger partial charge in [-0.1, -0.05) is 47.1 Å². The Balaban J connectivity index is 1.37. The van der Waals surface area contributed by atoms with Crippen LogP contribution in [0.15, 0.2) is 66.7 Å². The maximum atomic E-state index is 12.5. The molecule has 11 heteroatoms. The van der Waals surface area contributed by atoms with Crippen LogP contribution in [0.4, 0.5) is 5.13 Å². The predicted octanol–water partition coefficient (Wildman–Crippen LogP) is 5.61. The van der Waals surface area contributed by atoms with Crippen LogP contribution in [-0.4, -0.2) is 36.4 Å². The van der Waals surface area contributed by atoms with E-state index in [-0.39, 0.29) is 11.7 Å². The first-order valence-electron chi connectivity index (χ1n) is 9.79. The van der Waals surface area contributed by atoms with Crippen LogP contribution in [0, 0.1) is 0 Å². The smallest absolute Gasteiger partial charge is 0.236 e. The molecule has 3 aromatic heterocycles. The second-order valence-corrected chi connectivity index (χ2v) is 9.72. The summed E-state index contributed by atoms with van der Waals surface area (Å²) in [5, 5.41) is 13.7. The summed E-state index contributed by atoms with van der Waals surface area (Å²) < 4.78 is 1.91. The number of allylic oxidation sites excluding steroid dienone is 1. The average Bonchev–Trinajstić information content (AvgIpc) is 3.42. The van der Waals surface area contributed by atoms with Crippen molar-refractivity contribution in [2.75, 3.05) is 11.1 Å². The van der Waals surface area contributed by atoms with Gasteiger partial charge in [0, 0.05) is 52.0 Å². The van der Waals surface area contributed by atoms with Crippen molar-refractivity contribution in [3.8, 4) is 11.4 Å². The van der Waals surface area contributed by atoms with E-state index in [2.05, 4.69) is 32.1 Å². The highest BCUT2D eigenvalue weighted by Crippen LogP contribution is 2.28. The van der Waals surface area contributed by atoms with Crippen molar-refractivity contribution in [3.05, 3.63) is 82.1 Å². The van der Waals surface area contributed by atoms with Gasteiger partial charge in [-0.25, -0.2) is 4.98 Å². The number of hydrogen-bond donors (Lipinski definition) is 1. The number of anilines is 1. The van der Waals surface area contributed by atoms with Gasteiger partial charge in [0.15, 0.2) is 16.1 Å². The molecule has 4 aromatic rings. The van der Waals surface area contributed by atoms with Crippen LogP contribution in [0.3, 0.4) is 0 Å². The number of carbonyl (C=O) groups is 1. The lowest BCUT2D eigenvalue weighted by atomic mass is 10.1. The molecule has 0 bridgehead atoms. The number of halogens is 2. The molecular formula is C22H18Cl2N6OS2. The van der Waals surface area contributed by atoms with E-state index in [0.717, 1.165) is 16.0 Å². The first-order valence-corrected chi connectivity index (χ1v) is 12.3. The SMILES string of the molecule is C=CCn1c(SCC(=O)Nc2ncc(Cc3ccc(Cl)cc3Cl)s2)nnc1-c1ccncc1. The summed E-state index contributed by atoms with van der Waals surface area (Å²) in [4.78, 5) is 21.8. The summed E-state index contributed by atoms with van der Waals surface area (Å²) in [5.74, 6) is 0.693. The summed E-state index contributed by atoms with van der Waals surface area (Å²) in [5.41, 5.74) is 1.84. The minimum absolute atomic E-state index is 0.170. The Morgan fingerprint density at radius 2 is 2.03 bits per heavy atom. The lowest BCUT2D eigenvalue weighted by Gasteiger charge is -2.07. The van der Waals surface area contributed by atoms with E-state index >= 15 is 0 Å². The number of benzene rings is 1. The van der Waals surface area contributed by atoms with E-state index in [4.69, 9.17) is 23.2 Å². The van der Waals surface area contributed by atoms with Crippen molar-refractivity contribution in [1.82, 2.24) is 24.7 Å². The quantitative estimate of drug-likeness (QED) is 0.230. The highest BCUT2D eigenvalue weighted by Gasteiger charge is 2.16. The molecule has 0 atom stereocenters. The molecule has 0 spiro atoms. The maximum absolute atomic E-state index is 12.5. The van der Waals surface area contributed by atoms with Crippen molar-refractivity contribution in [2.24, 2.45) is 0 Å². The van der Waals surface area contributed by atoms with E-state index in [1.807, 2.05) is 22.8 Å². The molecule has 1 aromatic carbocycles. The van der Waals surface area contributed by atoms with Crippen molar-refractivity contribution in [1.29, 1.82) is 0 Å². The van der Waals surface area contributed by atoms with Crippen LogP contribution in [0.1, 0.15) is 10.4 Å². The molecule has 4 rings (SSSR count). The zero-order chi connectivity index (χ0) is 23.2. The Bertz CT molecular complexity index is 1280. The van der Waals surface area contributed by atoms with Gasteiger partial charge in [0.05, 0.1) is 5.75 Å². The molecule has 0 saturated carbocycles. The summed E-state index contributed by atoms with van der Waals surface area (Å²) in [6.45, 7) is 4.33. The van der Waals surface area contributed by atoms with Crippen molar-refractivity contribution in [3.63, 3.8) is 0 Å². The molecule has 7 nitrogen and oxygen atoms in total. The number of thiazole rings is 1.